The van der Waals surface area contributed by atoms with Crippen LogP contribution in [0.4, 0.5) is 0 Å². The predicted octanol–water partition coefficient (Wildman–Crippen LogP) is 1.77. The fourth-order valence-electron chi connectivity index (χ4n) is 1.57. The summed E-state index contributed by atoms with van der Waals surface area (Å²) in [6.45, 7) is -0.500. The Hall–Kier alpha value is -2.48. The average Bonchev–Trinajstić information content (AvgIpc) is 2.59. The molecule has 0 aliphatic carbocycles. The number of hydrazine groups is 1. The van der Waals surface area contributed by atoms with E-state index in [1.54, 1.807) is 48.5 Å². The number of halogens is 2. The summed E-state index contributed by atoms with van der Waals surface area (Å²) in [4.78, 5) is 23.1. The van der Waals surface area contributed by atoms with Gasteiger partial charge in [0, 0.05) is 10.0 Å². The number of ether oxygens (including phenoxy) is 2. The molecule has 0 aliphatic heterocycles. The largest absolute Gasteiger partial charge is 0.484 e. The molecular weight excluding hydrogens is 371 g/mol. The molecule has 2 rings (SSSR count). The molecule has 2 amide bonds. The second-order valence-electron chi connectivity index (χ2n) is 4.58. The summed E-state index contributed by atoms with van der Waals surface area (Å²) < 4.78 is 10.5. The van der Waals surface area contributed by atoms with E-state index in [2.05, 4.69) is 10.9 Å². The average molecular weight is 387 g/mol. The van der Waals surface area contributed by atoms with Crippen molar-refractivity contribution in [1.29, 1.82) is 0 Å². The molecular formula is C16H16Cl2N2O5. The van der Waals surface area contributed by atoms with Gasteiger partial charge in [0.1, 0.15) is 11.5 Å². The third-order valence-electron chi connectivity index (χ3n) is 2.71. The van der Waals surface area contributed by atoms with Gasteiger partial charge in [-0.25, -0.2) is 0 Å². The van der Waals surface area contributed by atoms with Gasteiger partial charge in [-0.3, -0.25) is 20.4 Å². The maximum atomic E-state index is 11.6. The predicted molar refractivity (Wildman–Crippen MR) is 93.8 cm³/mol. The summed E-state index contributed by atoms with van der Waals surface area (Å²) in [5.74, 6) is -0.0338. The van der Waals surface area contributed by atoms with E-state index in [4.69, 9.17) is 32.7 Å². The highest BCUT2D eigenvalue weighted by molar-refractivity contribution is 6.30. The van der Waals surface area contributed by atoms with Gasteiger partial charge in [-0.05, 0) is 48.5 Å². The monoisotopic (exact) mass is 386 g/mol. The molecule has 4 N–H and O–H groups in total. The van der Waals surface area contributed by atoms with E-state index in [-0.39, 0.29) is 18.7 Å². The van der Waals surface area contributed by atoms with Crippen LogP contribution in [-0.4, -0.2) is 30.5 Å². The summed E-state index contributed by atoms with van der Waals surface area (Å²) in [5.41, 5.74) is 4.44. The van der Waals surface area contributed by atoms with E-state index in [1.165, 1.54) is 0 Å². The van der Waals surface area contributed by atoms with Gasteiger partial charge in [0.25, 0.3) is 11.8 Å². The highest BCUT2D eigenvalue weighted by Gasteiger charge is 2.06. The smallest absolute Gasteiger partial charge is 0.276 e. The Morgan fingerprint density at radius 2 is 1.04 bits per heavy atom. The lowest BCUT2D eigenvalue weighted by Crippen LogP contribution is -2.45. The minimum atomic E-state index is -0.509. The van der Waals surface area contributed by atoms with Gasteiger partial charge in [-0.2, -0.15) is 0 Å². The first-order valence-electron chi connectivity index (χ1n) is 6.87. The molecule has 134 valence electrons. The maximum Gasteiger partial charge on any atom is 0.276 e. The first-order chi connectivity index (χ1) is 11.5. The molecule has 0 aromatic heterocycles. The number of nitrogens with one attached hydrogen (secondary N) is 2. The van der Waals surface area contributed by atoms with Crippen LogP contribution in [0.15, 0.2) is 48.5 Å². The van der Waals surface area contributed by atoms with Crippen molar-refractivity contribution in [2.45, 2.75) is 0 Å². The number of carbonyl (C=O) groups is 2. The lowest BCUT2D eigenvalue weighted by molar-refractivity contribution is -0.131. The van der Waals surface area contributed by atoms with Crippen molar-refractivity contribution in [3.8, 4) is 11.5 Å². The van der Waals surface area contributed by atoms with Gasteiger partial charge < -0.3 is 14.9 Å². The summed E-state index contributed by atoms with van der Waals surface area (Å²) in [7, 11) is 0. The molecule has 0 fully saturated rings. The zero-order chi connectivity index (χ0) is 17.4. The number of rotatable bonds is 6. The second-order valence-corrected chi connectivity index (χ2v) is 5.45. The fourth-order valence-corrected chi connectivity index (χ4v) is 1.82. The van der Waals surface area contributed by atoms with Gasteiger partial charge in [-0.1, -0.05) is 23.2 Å². The van der Waals surface area contributed by atoms with Crippen LogP contribution in [0, 0.1) is 0 Å². The van der Waals surface area contributed by atoms with Crippen molar-refractivity contribution in [2.75, 3.05) is 13.2 Å². The van der Waals surface area contributed by atoms with E-state index in [0.717, 1.165) is 0 Å². The molecule has 0 spiro atoms. The minimum Gasteiger partial charge on any atom is -0.484 e. The fraction of sp³-hybridized carbons (Fsp3) is 0.125. The first kappa shape index (κ1) is 20.6. The van der Waals surface area contributed by atoms with Crippen LogP contribution in [-0.2, 0) is 9.59 Å². The lowest BCUT2D eigenvalue weighted by Gasteiger charge is -2.09. The molecule has 0 heterocycles. The third-order valence-corrected chi connectivity index (χ3v) is 3.21. The van der Waals surface area contributed by atoms with Crippen LogP contribution in [0.5, 0.6) is 11.5 Å². The highest BCUT2D eigenvalue weighted by Crippen LogP contribution is 2.16. The van der Waals surface area contributed by atoms with Crippen molar-refractivity contribution >= 4 is 35.0 Å². The number of hydrogen-bond donors (Lipinski definition) is 2. The van der Waals surface area contributed by atoms with E-state index < -0.39 is 11.8 Å². The molecule has 2 aromatic carbocycles. The summed E-state index contributed by atoms with van der Waals surface area (Å²) >= 11 is 11.5. The van der Waals surface area contributed by atoms with Crippen molar-refractivity contribution in [1.82, 2.24) is 10.9 Å². The Morgan fingerprint density at radius 1 is 0.720 bits per heavy atom. The van der Waals surface area contributed by atoms with E-state index in [9.17, 15) is 9.59 Å². The molecule has 0 saturated heterocycles. The first-order valence-corrected chi connectivity index (χ1v) is 7.63. The number of hydrogen-bond acceptors (Lipinski definition) is 4. The van der Waals surface area contributed by atoms with E-state index >= 15 is 0 Å². The Bertz CT molecular complexity index is 631. The molecule has 9 heteroatoms. The second kappa shape index (κ2) is 10.4. The summed E-state index contributed by atoms with van der Waals surface area (Å²) in [6, 6.07) is 13.1. The Balaban J connectivity index is 0.00000312. The van der Waals surface area contributed by atoms with Gasteiger partial charge in [0.05, 0.1) is 0 Å². The third kappa shape index (κ3) is 7.75. The normalized spacial score (nSPS) is 9.52. The van der Waals surface area contributed by atoms with Gasteiger partial charge >= 0.3 is 0 Å². The molecule has 25 heavy (non-hydrogen) atoms. The van der Waals surface area contributed by atoms with E-state index in [1.807, 2.05) is 0 Å². The quantitative estimate of drug-likeness (QED) is 0.737. The standard InChI is InChI=1S/C16H14Cl2N2O4.H2O/c17-11-1-5-13(6-2-11)23-9-15(21)19-20-16(22)10-24-14-7-3-12(18)4-8-14;/h1-8H,9-10H2,(H,19,21)(H,20,22);1H2. The van der Waals surface area contributed by atoms with Gasteiger partial charge in [0.2, 0.25) is 0 Å². The molecule has 7 nitrogen and oxygen atoms in total. The highest BCUT2D eigenvalue weighted by atomic mass is 35.5. The van der Waals surface area contributed by atoms with Crippen molar-refractivity contribution in [2.24, 2.45) is 0 Å². The van der Waals surface area contributed by atoms with Crippen LogP contribution in [0.3, 0.4) is 0 Å². The Morgan fingerprint density at radius 3 is 1.36 bits per heavy atom. The van der Waals surface area contributed by atoms with Crippen LogP contribution in [0.1, 0.15) is 0 Å². The maximum absolute atomic E-state index is 11.6. The molecule has 0 atom stereocenters. The van der Waals surface area contributed by atoms with Crippen molar-refractivity contribution in [3.63, 3.8) is 0 Å². The topological polar surface area (TPSA) is 108 Å². The molecule has 0 saturated carbocycles. The molecule has 2 aromatic rings. The van der Waals surface area contributed by atoms with Gasteiger partial charge in [-0.15, -0.1) is 0 Å². The minimum absolute atomic E-state index is 0. The number of carbonyl (C=O) groups excluding carboxylic acids is 2. The molecule has 0 aliphatic rings. The number of benzene rings is 2. The summed E-state index contributed by atoms with van der Waals surface area (Å²) in [5, 5.41) is 1.14. The van der Waals surface area contributed by atoms with Crippen LogP contribution in [0.25, 0.3) is 0 Å². The number of amides is 2. The van der Waals surface area contributed by atoms with E-state index in [0.29, 0.717) is 21.5 Å². The molecule has 0 unspecified atom stereocenters. The van der Waals surface area contributed by atoms with Crippen molar-refractivity contribution < 1.29 is 24.5 Å². The van der Waals surface area contributed by atoms with Crippen LogP contribution in [0.2, 0.25) is 10.0 Å². The molecule has 0 radical (unpaired) electrons. The van der Waals surface area contributed by atoms with Crippen LogP contribution >= 0.6 is 23.2 Å². The zero-order valence-corrected chi connectivity index (χ0v) is 14.4. The SMILES string of the molecule is O.O=C(COc1ccc(Cl)cc1)NNC(=O)COc1ccc(Cl)cc1. The van der Waals surface area contributed by atoms with Crippen LogP contribution < -0.4 is 20.3 Å². The zero-order valence-electron chi connectivity index (χ0n) is 12.9. The Labute approximate surface area is 154 Å². The Kier molecular flexibility index (Phi) is 8.55. The summed E-state index contributed by atoms with van der Waals surface area (Å²) in [6.07, 6.45) is 0. The van der Waals surface area contributed by atoms with Gasteiger partial charge in [0.15, 0.2) is 13.2 Å². The lowest BCUT2D eigenvalue weighted by atomic mass is 10.3. The van der Waals surface area contributed by atoms with Crippen molar-refractivity contribution in [3.05, 3.63) is 58.6 Å². The molecule has 0 bridgehead atoms.